The molecule has 114 valence electrons. The van der Waals surface area contributed by atoms with Crippen molar-refractivity contribution in [3.8, 4) is 0 Å². The molecule has 0 fully saturated rings. The Morgan fingerprint density at radius 2 is 2.09 bits per heavy atom. The molecular weight excluding hydrogens is 343 g/mol. The van der Waals surface area contributed by atoms with Gasteiger partial charge < -0.3 is 5.32 Å². The number of rotatable bonds is 2. The molecule has 0 radical (unpaired) electrons. The Morgan fingerprint density at radius 3 is 2.73 bits per heavy atom. The van der Waals surface area contributed by atoms with Crippen LogP contribution in [-0.4, -0.2) is 34.8 Å². The standard InChI is InChI=1S/C14H12Cl2N4OS/c1-8-18-11(7-22-8)13(21)20-6-5-17-14(20)19-12-9(15)3-2-4-10(12)16/h2-4,7H,5-6H2,1H3,(H,17,19). The summed E-state index contributed by atoms with van der Waals surface area (Å²) < 4.78 is 0. The van der Waals surface area contributed by atoms with Crippen LogP contribution in [0.4, 0.5) is 5.69 Å². The number of aliphatic imine (C=N–C) groups is 1. The quantitative estimate of drug-likeness (QED) is 0.894. The van der Waals surface area contributed by atoms with Crippen LogP contribution >= 0.6 is 34.5 Å². The van der Waals surface area contributed by atoms with Crippen LogP contribution in [0.1, 0.15) is 15.5 Å². The number of anilines is 1. The van der Waals surface area contributed by atoms with Gasteiger partial charge in [-0.3, -0.25) is 14.7 Å². The minimum absolute atomic E-state index is 0.184. The number of carbonyl (C=O) groups excluding carboxylic acids is 1. The van der Waals surface area contributed by atoms with Crippen LogP contribution in [0.15, 0.2) is 28.6 Å². The van der Waals surface area contributed by atoms with Crippen LogP contribution in [0.2, 0.25) is 10.0 Å². The summed E-state index contributed by atoms with van der Waals surface area (Å²) in [7, 11) is 0. The van der Waals surface area contributed by atoms with Gasteiger partial charge in [0.2, 0.25) is 5.96 Å². The molecular formula is C14H12Cl2N4OS. The smallest absolute Gasteiger partial charge is 0.280 e. The summed E-state index contributed by atoms with van der Waals surface area (Å²) in [5, 5.41) is 6.59. The minimum atomic E-state index is -0.184. The number of hydrogen-bond acceptors (Lipinski definition) is 5. The number of amides is 1. The molecule has 22 heavy (non-hydrogen) atoms. The molecule has 1 aromatic heterocycles. The Labute approximate surface area is 141 Å². The predicted octanol–water partition coefficient (Wildman–Crippen LogP) is 3.68. The maximum Gasteiger partial charge on any atom is 0.280 e. The molecule has 0 spiro atoms. The third-order valence-electron chi connectivity index (χ3n) is 3.12. The van der Waals surface area contributed by atoms with E-state index in [4.69, 9.17) is 23.2 Å². The van der Waals surface area contributed by atoms with Gasteiger partial charge in [-0.2, -0.15) is 0 Å². The van der Waals surface area contributed by atoms with E-state index in [2.05, 4.69) is 15.3 Å². The van der Waals surface area contributed by atoms with E-state index < -0.39 is 0 Å². The highest BCUT2D eigenvalue weighted by Gasteiger charge is 2.27. The van der Waals surface area contributed by atoms with E-state index in [0.717, 1.165) is 5.01 Å². The second-order valence-corrected chi connectivity index (χ2v) is 6.51. The van der Waals surface area contributed by atoms with E-state index in [1.54, 1.807) is 28.5 Å². The van der Waals surface area contributed by atoms with Gasteiger partial charge >= 0.3 is 0 Å². The van der Waals surface area contributed by atoms with Crippen LogP contribution in [0.5, 0.6) is 0 Å². The average Bonchev–Trinajstić information content (AvgIpc) is 3.11. The SMILES string of the molecule is Cc1nc(C(=O)N2CCN=C2Nc2c(Cl)cccc2Cl)cs1. The van der Waals surface area contributed by atoms with Gasteiger partial charge in [0.05, 0.1) is 27.3 Å². The van der Waals surface area contributed by atoms with Crippen molar-refractivity contribution in [2.45, 2.75) is 6.92 Å². The number of guanidine groups is 1. The molecule has 3 rings (SSSR count). The molecule has 2 heterocycles. The number of carbonyl (C=O) groups is 1. The van der Waals surface area contributed by atoms with Gasteiger partial charge in [-0.1, -0.05) is 29.3 Å². The third kappa shape index (κ3) is 2.95. The average molecular weight is 355 g/mol. The number of nitrogens with zero attached hydrogens (tertiary/aromatic N) is 3. The van der Waals surface area contributed by atoms with Crippen molar-refractivity contribution in [1.29, 1.82) is 0 Å². The first-order valence-corrected chi connectivity index (χ1v) is 8.19. The maximum atomic E-state index is 12.5. The first-order valence-electron chi connectivity index (χ1n) is 6.56. The molecule has 5 nitrogen and oxygen atoms in total. The van der Waals surface area contributed by atoms with Crippen LogP contribution in [0.3, 0.4) is 0 Å². The third-order valence-corrected chi connectivity index (χ3v) is 4.53. The van der Waals surface area contributed by atoms with Crippen molar-refractivity contribution in [3.05, 3.63) is 44.3 Å². The summed E-state index contributed by atoms with van der Waals surface area (Å²) in [6, 6.07) is 5.20. The van der Waals surface area contributed by atoms with Crippen molar-refractivity contribution in [2.75, 3.05) is 18.4 Å². The van der Waals surface area contributed by atoms with Crippen LogP contribution in [-0.2, 0) is 0 Å². The van der Waals surface area contributed by atoms with Gasteiger partial charge in [-0.15, -0.1) is 11.3 Å². The number of benzene rings is 1. The summed E-state index contributed by atoms with van der Waals surface area (Å²) in [5.74, 6) is 0.252. The lowest BCUT2D eigenvalue weighted by atomic mass is 10.3. The molecule has 0 saturated heterocycles. The molecule has 0 aliphatic carbocycles. The van der Waals surface area contributed by atoms with Gasteiger partial charge in [0.25, 0.3) is 5.91 Å². The first kappa shape index (κ1) is 15.3. The molecule has 0 atom stereocenters. The fourth-order valence-electron chi connectivity index (χ4n) is 2.08. The molecule has 1 aliphatic heterocycles. The summed E-state index contributed by atoms with van der Waals surface area (Å²) in [5.41, 5.74) is 0.961. The van der Waals surface area contributed by atoms with Crippen molar-refractivity contribution in [2.24, 2.45) is 4.99 Å². The zero-order chi connectivity index (χ0) is 15.7. The minimum Gasteiger partial charge on any atom is -0.323 e. The van der Waals surface area contributed by atoms with E-state index in [9.17, 15) is 4.79 Å². The largest absolute Gasteiger partial charge is 0.323 e. The second kappa shape index (κ2) is 6.24. The van der Waals surface area contributed by atoms with E-state index in [1.165, 1.54) is 11.3 Å². The molecule has 1 aromatic carbocycles. The lowest BCUT2D eigenvalue weighted by Gasteiger charge is -2.19. The van der Waals surface area contributed by atoms with Crippen molar-refractivity contribution < 1.29 is 4.79 Å². The molecule has 0 saturated carbocycles. The van der Waals surface area contributed by atoms with E-state index in [1.807, 2.05) is 6.92 Å². The maximum absolute atomic E-state index is 12.5. The lowest BCUT2D eigenvalue weighted by molar-refractivity contribution is 0.0853. The summed E-state index contributed by atoms with van der Waals surface area (Å²) >= 11 is 13.7. The highest BCUT2D eigenvalue weighted by atomic mass is 35.5. The summed E-state index contributed by atoms with van der Waals surface area (Å²) in [4.78, 5) is 22.6. The molecule has 2 aromatic rings. The number of aromatic nitrogens is 1. The Hall–Kier alpha value is -1.63. The van der Waals surface area contributed by atoms with Crippen LogP contribution in [0.25, 0.3) is 0 Å². The van der Waals surface area contributed by atoms with Crippen molar-refractivity contribution in [1.82, 2.24) is 9.88 Å². The number of halogens is 2. The van der Waals surface area contributed by atoms with Gasteiger partial charge in [0.15, 0.2) is 0 Å². The number of nitrogens with one attached hydrogen (secondary N) is 1. The van der Waals surface area contributed by atoms with E-state index >= 15 is 0 Å². The van der Waals surface area contributed by atoms with E-state index in [-0.39, 0.29) is 5.91 Å². The lowest BCUT2D eigenvalue weighted by Crippen LogP contribution is -2.38. The van der Waals surface area contributed by atoms with Crippen LogP contribution in [0, 0.1) is 6.92 Å². The van der Waals surface area contributed by atoms with Gasteiger partial charge in [-0.05, 0) is 19.1 Å². The summed E-state index contributed by atoms with van der Waals surface area (Å²) in [6.07, 6.45) is 0. The Bertz CT molecular complexity index is 739. The van der Waals surface area contributed by atoms with E-state index in [0.29, 0.717) is 40.5 Å². The first-order chi connectivity index (χ1) is 10.6. The highest BCUT2D eigenvalue weighted by molar-refractivity contribution is 7.09. The fourth-order valence-corrected chi connectivity index (χ4v) is 3.16. The summed E-state index contributed by atoms with van der Waals surface area (Å²) in [6.45, 7) is 2.89. The highest BCUT2D eigenvalue weighted by Crippen LogP contribution is 2.30. The number of hydrogen-bond donors (Lipinski definition) is 1. The normalized spacial score (nSPS) is 14.1. The van der Waals surface area contributed by atoms with Crippen molar-refractivity contribution in [3.63, 3.8) is 0 Å². The Kier molecular flexibility index (Phi) is 4.33. The monoisotopic (exact) mass is 354 g/mol. The molecule has 0 bridgehead atoms. The molecule has 8 heteroatoms. The van der Waals surface area contributed by atoms with Gasteiger partial charge in [-0.25, -0.2) is 4.98 Å². The molecule has 1 amide bonds. The Morgan fingerprint density at radius 1 is 1.36 bits per heavy atom. The molecule has 0 unspecified atom stereocenters. The van der Waals surface area contributed by atoms with Gasteiger partial charge in [0, 0.05) is 11.9 Å². The fraction of sp³-hybridized carbons (Fsp3) is 0.214. The van der Waals surface area contributed by atoms with Gasteiger partial charge in [0.1, 0.15) is 5.69 Å². The number of para-hydroxylation sites is 1. The molecule has 1 N–H and O–H groups in total. The number of thiazole rings is 1. The topological polar surface area (TPSA) is 57.6 Å². The molecule has 1 aliphatic rings. The van der Waals surface area contributed by atoms with Crippen LogP contribution < -0.4 is 5.32 Å². The predicted molar refractivity (Wildman–Crippen MR) is 90.3 cm³/mol. The zero-order valence-corrected chi connectivity index (χ0v) is 14.0. The zero-order valence-electron chi connectivity index (χ0n) is 11.6. The number of aryl methyl sites for hydroxylation is 1. The second-order valence-electron chi connectivity index (χ2n) is 4.64. The van der Waals surface area contributed by atoms with Crippen molar-refractivity contribution >= 4 is 52.1 Å². The Balaban J connectivity index is 1.83.